The molecule has 1 aliphatic carbocycles. The Bertz CT molecular complexity index is 1210. The van der Waals surface area contributed by atoms with Crippen LogP contribution in [0.1, 0.15) is 65.7 Å². The van der Waals surface area contributed by atoms with Gasteiger partial charge in [0.15, 0.2) is 5.82 Å². The third-order valence-corrected chi connectivity index (χ3v) is 7.64. The molecule has 2 N–H and O–H groups in total. The zero-order valence-corrected chi connectivity index (χ0v) is 18.9. The Hall–Kier alpha value is -2.36. The number of H-pyrrole nitrogens is 1. The van der Waals surface area contributed by atoms with Gasteiger partial charge in [-0.05, 0) is 79.1 Å². The standard InChI is InChI=1S/C21H23ClFN5O2S/c1-11-4-8-17(23)19(12(11)2)13(3)20(21-24-27-28-25-21)26-31(29,30)18-9-7-15(22)10-16(18)14-5-6-14/h4,7-10,13-14,20,26H,5-6H2,1-3H3,(H,24,25,27,28)/t13-,20+/m1/s1. The summed E-state index contributed by atoms with van der Waals surface area (Å²) in [6.07, 6.45) is 1.84. The fourth-order valence-electron chi connectivity index (χ4n) is 3.92. The number of aromatic amines is 1. The second-order valence-corrected chi connectivity index (χ2v) is 10.1. The lowest BCUT2D eigenvalue weighted by Gasteiger charge is -2.25. The third kappa shape index (κ3) is 4.35. The van der Waals surface area contributed by atoms with E-state index < -0.39 is 27.8 Å². The van der Waals surface area contributed by atoms with E-state index in [1.54, 1.807) is 25.1 Å². The Balaban J connectivity index is 1.77. The van der Waals surface area contributed by atoms with Gasteiger partial charge in [-0.25, -0.2) is 12.8 Å². The van der Waals surface area contributed by atoms with Crippen molar-refractivity contribution in [2.45, 2.75) is 56.4 Å². The molecular formula is C21H23ClFN5O2S. The lowest BCUT2D eigenvalue weighted by molar-refractivity contribution is 0.478. The Labute approximate surface area is 185 Å². The molecule has 4 rings (SSSR count). The first-order valence-electron chi connectivity index (χ1n) is 9.99. The molecule has 10 heteroatoms. The van der Waals surface area contributed by atoms with Crippen molar-refractivity contribution < 1.29 is 12.8 Å². The first-order chi connectivity index (χ1) is 14.7. The van der Waals surface area contributed by atoms with Crippen LogP contribution in [0.2, 0.25) is 5.02 Å². The molecule has 1 aliphatic rings. The fourth-order valence-corrected chi connectivity index (χ4v) is 5.65. The predicted octanol–water partition coefficient (Wildman–Crippen LogP) is 4.31. The molecule has 3 aromatic rings. The number of rotatable bonds is 7. The SMILES string of the molecule is Cc1ccc(F)c([C@@H](C)[C@H](NS(=O)(=O)c2ccc(Cl)cc2C2CC2)c2nn[nH]n2)c1C. The van der Waals surface area contributed by atoms with Gasteiger partial charge in [0.25, 0.3) is 0 Å². The molecule has 1 fully saturated rings. The minimum absolute atomic E-state index is 0.137. The summed E-state index contributed by atoms with van der Waals surface area (Å²) >= 11 is 6.12. The molecule has 31 heavy (non-hydrogen) atoms. The van der Waals surface area contributed by atoms with E-state index in [1.165, 1.54) is 12.1 Å². The van der Waals surface area contributed by atoms with E-state index in [1.807, 2.05) is 13.8 Å². The molecule has 0 aliphatic heterocycles. The quantitative estimate of drug-likeness (QED) is 0.543. The van der Waals surface area contributed by atoms with Gasteiger partial charge in [0, 0.05) is 10.9 Å². The molecule has 0 bridgehead atoms. The van der Waals surface area contributed by atoms with Gasteiger partial charge in [-0.2, -0.15) is 9.94 Å². The average Bonchev–Trinajstić information content (AvgIpc) is 3.43. The molecule has 1 aromatic heterocycles. The Morgan fingerprint density at radius 2 is 1.97 bits per heavy atom. The van der Waals surface area contributed by atoms with Crippen LogP contribution in [0.5, 0.6) is 0 Å². The first kappa shape index (κ1) is 21.9. The molecule has 0 spiro atoms. The van der Waals surface area contributed by atoms with Crippen LogP contribution in [0.25, 0.3) is 0 Å². The van der Waals surface area contributed by atoms with Crippen LogP contribution >= 0.6 is 11.6 Å². The lowest BCUT2D eigenvalue weighted by atomic mass is 9.88. The van der Waals surface area contributed by atoms with Crippen molar-refractivity contribution in [2.24, 2.45) is 0 Å². The number of sulfonamides is 1. The summed E-state index contributed by atoms with van der Waals surface area (Å²) in [5, 5.41) is 14.4. The van der Waals surface area contributed by atoms with Crippen molar-refractivity contribution in [3.63, 3.8) is 0 Å². The van der Waals surface area contributed by atoms with Crippen LogP contribution in [0, 0.1) is 19.7 Å². The molecule has 1 heterocycles. The number of hydrogen-bond acceptors (Lipinski definition) is 5. The van der Waals surface area contributed by atoms with Gasteiger partial charge in [-0.15, -0.1) is 10.2 Å². The van der Waals surface area contributed by atoms with Crippen LogP contribution in [0.15, 0.2) is 35.2 Å². The monoisotopic (exact) mass is 463 g/mol. The summed E-state index contributed by atoms with van der Waals surface area (Å²) in [4.78, 5) is 0.168. The summed E-state index contributed by atoms with van der Waals surface area (Å²) in [5.74, 6) is -0.696. The number of halogens is 2. The largest absolute Gasteiger partial charge is 0.241 e. The zero-order valence-electron chi connectivity index (χ0n) is 17.4. The zero-order chi connectivity index (χ0) is 22.3. The number of benzene rings is 2. The maximum Gasteiger partial charge on any atom is 0.241 e. The highest BCUT2D eigenvalue weighted by Crippen LogP contribution is 2.44. The maximum absolute atomic E-state index is 14.8. The summed E-state index contributed by atoms with van der Waals surface area (Å²) in [6.45, 7) is 5.45. The number of nitrogens with zero attached hydrogens (tertiary/aromatic N) is 3. The van der Waals surface area contributed by atoms with Gasteiger partial charge in [0.2, 0.25) is 10.0 Å². The molecule has 0 amide bonds. The van der Waals surface area contributed by atoms with Crippen LogP contribution in [-0.2, 0) is 10.0 Å². The lowest BCUT2D eigenvalue weighted by Crippen LogP contribution is -2.34. The highest BCUT2D eigenvalue weighted by atomic mass is 35.5. The second kappa shape index (κ2) is 8.29. The van der Waals surface area contributed by atoms with Crippen molar-refractivity contribution in [3.05, 3.63) is 69.2 Å². The van der Waals surface area contributed by atoms with E-state index in [-0.39, 0.29) is 16.6 Å². The van der Waals surface area contributed by atoms with E-state index in [4.69, 9.17) is 11.6 Å². The highest BCUT2D eigenvalue weighted by molar-refractivity contribution is 7.89. The second-order valence-electron chi connectivity index (χ2n) is 8.02. The van der Waals surface area contributed by atoms with Gasteiger partial charge in [-0.1, -0.05) is 29.8 Å². The van der Waals surface area contributed by atoms with Gasteiger partial charge in [-0.3, -0.25) is 0 Å². The van der Waals surface area contributed by atoms with Crippen LogP contribution < -0.4 is 4.72 Å². The van der Waals surface area contributed by atoms with Gasteiger partial charge < -0.3 is 0 Å². The summed E-state index contributed by atoms with van der Waals surface area (Å²) in [6, 6.07) is 6.92. The van der Waals surface area contributed by atoms with Gasteiger partial charge >= 0.3 is 0 Å². The number of tetrazole rings is 1. The van der Waals surface area contributed by atoms with E-state index in [2.05, 4.69) is 25.3 Å². The van der Waals surface area contributed by atoms with Crippen molar-refractivity contribution in [3.8, 4) is 0 Å². The minimum Gasteiger partial charge on any atom is -0.207 e. The molecule has 0 unspecified atom stereocenters. The van der Waals surface area contributed by atoms with Crippen molar-refractivity contribution in [1.82, 2.24) is 25.3 Å². The molecular weight excluding hydrogens is 441 g/mol. The van der Waals surface area contributed by atoms with Crippen molar-refractivity contribution in [1.29, 1.82) is 0 Å². The Morgan fingerprint density at radius 3 is 2.61 bits per heavy atom. The maximum atomic E-state index is 14.8. The number of aryl methyl sites for hydroxylation is 1. The van der Waals surface area contributed by atoms with Gasteiger partial charge in [0.1, 0.15) is 5.82 Å². The molecule has 2 aromatic carbocycles. The Morgan fingerprint density at radius 1 is 1.23 bits per heavy atom. The van der Waals surface area contributed by atoms with E-state index >= 15 is 0 Å². The average molecular weight is 464 g/mol. The summed E-state index contributed by atoms with van der Waals surface area (Å²) < 4.78 is 44.4. The smallest absolute Gasteiger partial charge is 0.207 e. The molecule has 1 saturated carbocycles. The first-order valence-corrected chi connectivity index (χ1v) is 11.9. The normalized spacial score (nSPS) is 16.3. The molecule has 2 atom stereocenters. The van der Waals surface area contributed by atoms with E-state index in [0.717, 1.165) is 24.0 Å². The topological polar surface area (TPSA) is 101 Å². The minimum atomic E-state index is -3.98. The van der Waals surface area contributed by atoms with Crippen LogP contribution in [-0.4, -0.2) is 29.0 Å². The van der Waals surface area contributed by atoms with Crippen molar-refractivity contribution in [2.75, 3.05) is 0 Å². The van der Waals surface area contributed by atoms with E-state index in [0.29, 0.717) is 16.1 Å². The summed E-state index contributed by atoms with van der Waals surface area (Å²) in [5.41, 5.74) is 2.77. The Kier molecular flexibility index (Phi) is 5.85. The number of hydrogen-bond donors (Lipinski definition) is 2. The summed E-state index contributed by atoms with van der Waals surface area (Å²) in [7, 11) is -3.98. The number of aromatic nitrogens is 4. The highest BCUT2D eigenvalue weighted by Gasteiger charge is 2.35. The predicted molar refractivity (Wildman–Crippen MR) is 115 cm³/mol. The number of nitrogens with one attached hydrogen (secondary N) is 2. The third-order valence-electron chi connectivity index (χ3n) is 5.89. The molecule has 0 saturated heterocycles. The van der Waals surface area contributed by atoms with Crippen LogP contribution in [0.4, 0.5) is 4.39 Å². The molecule has 7 nitrogen and oxygen atoms in total. The fraction of sp³-hybridized carbons (Fsp3) is 0.381. The molecule has 164 valence electrons. The van der Waals surface area contributed by atoms with Crippen molar-refractivity contribution >= 4 is 21.6 Å². The van der Waals surface area contributed by atoms with Crippen LogP contribution in [0.3, 0.4) is 0 Å². The van der Waals surface area contributed by atoms with E-state index in [9.17, 15) is 12.8 Å². The molecule has 0 radical (unpaired) electrons. The van der Waals surface area contributed by atoms with Gasteiger partial charge in [0.05, 0.1) is 10.9 Å².